The number of halogens is 1. The molecule has 51 heavy (non-hydrogen) atoms. The first-order chi connectivity index (χ1) is 24.6. The van der Waals surface area contributed by atoms with Gasteiger partial charge in [-0.15, -0.1) is 0 Å². The second-order valence-corrected chi connectivity index (χ2v) is 14.3. The van der Waals surface area contributed by atoms with Crippen LogP contribution in [-0.4, -0.2) is 80.6 Å². The van der Waals surface area contributed by atoms with Crippen molar-refractivity contribution < 1.29 is 19.4 Å². The summed E-state index contributed by atoms with van der Waals surface area (Å²) in [7, 11) is 0. The minimum atomic E-state index is -0.768. The van der Waals surface area contributed by atoms with Crippen LogP contribution in [0.4, 0.5) is 0 Å². The zero-order valence-corrected chi connectivity index (χ0v) is 29.2. The van der Waals surface area contributed by atoms with E-state index in [1.54, 1.807) is 0 Å². The number of nitrogens with one attached hydrogen (secondary N) is 1. The van der Waals surface area contributed by atoms with Gasteiger partial charge < -0.3 is 14.6 Å². The van der Waals surface area contributed by atoms with Crippen molar-refractivity contribution in [3.63, 3.8) is 0 Å². The van der Waals surface area contributed by atoms with E-state index in [9.17, 15) is 20.3 Å². The fourth-order valence-corrected chi connectivity index (χ4v) is 8.05. The van der Waals surface area contributed by atoms with Crippen LogP contribution in [0.15, 0.2) is 80.8 Å². The van der Waals surface area contributed by atoms with Crippen molar-refractivity contribution in [1.29, 1.82) is 5.26 Å². The number of benzene rings is 3. The standard InChI is InChI=1S/C39H38ClN7O4/c1-22-29(5-3-7-31(22)36-43-37-33(40)14-25(19-47(37)44-36)18-46-12-10-28(48)21-46)30-6-4-8-32(23(30)2)38-42-34-15-24(13-27(16-41)35(34)51-38)17-45-11-9-26(20-45)39(49)50/h3-8,13-15,19,26,28,36,44,48H,9-12,17-18,20-21H2,1-2H3,(H,49,50)/t26-,28?,36?/m1/s1. The van der Waals surface area contributed by atoms with Gasteiger partial charge in [0, 0.05) is 44.5 Å². The first kappa shape index (κ1) is 33.3. The zero-order valence-electron chi connectivity index (χ0n) is 28.4. The second-order valence-electron chi connectivity index (χ2n) is 13.9. The summed E-state index contributed by atoms with van der Waals surface area (Å²) < 4.78 is 6.28. The van der Waals surface area contributed by atoms with Gasteiger partial charge in [-0.25, -0.2) is 9.98 Å². The number of likely N-dealkylation sites (tertiary alicyclic amines) is 2. The zero-order chi connectivity index (χ0) is 35.4. The van der Waals surface area contributed by atoms with E-state index < -0.39 is 5.97 Å². The smallest absolute Gasteiger partial charge is 0.307 e. The average molecular weight is 704 g/mol. The average Bonchev–Trinajstić information content (AvgIpc) is 3.92. The van der Waals surface area contributed by atoms with Crippen LogP contribution in [0.3, 0.4) is 0 Å². The fraction of sp³-hybridized carbons (Fsp3) is 0.333. The summed E-state index contributed by atoms with van der Waals surface area (Å²) >= 11 is 6.74. The molecule has 3 atom stereocenters. The van der Waals surface area contributed by atoms with E-state index in [1.807, 2.05) is 47.6 Å². The first-order valence-electron chi connectivity index (χ1n) is 17.3. The molecule has 4 aliphatic heterocycles. The maximum atomic E-state index is 11.5. The van der Waals surface area contributed by atoms with E-state index in [0.29, 0.717) is 72.6 Å². The number of aliphatic hydroxyl groups excluding tert-OH is 1. The third kappa shape index (κ3) is 6.35. The van der Waals surface area contributed by atoms with E-state index in [4.69, 9.17) is 26.0 Å². The van der Waals surface area contributed by atoms with Crippen molar-refractivity contribution in [3.8, 4) is 28.7 Å². The lowest BCUT2D eigenvalue weighted by Gasteiger charge is -2.25. The molecule has 11 nitrogen and oxygen atoms in total. The molecular weight excluding hydrogens is 666 g/mol. The molecule has 0 bridgehead atoms. The highest BCUT2D eigenvalue weighted by Crippen LogP contribution is 2.38. The third-order valence-electron chi connectivity index (χ3n) is 10.4. The number of aliphatic carboxylic acids is 1. The number of β-amino-alcohol motifs (C(OH)–C–C–N with tert-alkyl or cyclic N) is 1. The Morgan fingerprint density at radius 3 is 2.53 bits per heavy atom. The van der Waals surface area contributed by atoms with Gasteiger partial charge in [-0.05, 0) is 96.5 Å². The lowest BCUT2D eigenvalue weighted by molar-refractivity contribution is -0.141. The molecule has 1 aromatic heterocycles. The summed E-state index contributed by atoms with van der Waals surface area (Å²) in [4.78, 5) is 25.6. The van der Waals surface area contributed by atoms with Gasteiger partial charge in [0.15, 0.2) is 11.4 Å². The maximum Gasteiger partial charge on any atom is 0.307 e. The van der Waals surface area contributed by atoms with E-state index in [1.165, 1.54) is 0 Å². The monoisotopic (exact) mass is 703 g/mol. The van der Waals surface area contributed by atoms with Crippen LogP contribution < -0.4 is 5.43 Å². The Balaban J connectivity index is 1.06. The molecule has 4 aliphatic rings. The Bertz CT molecular complexity index is 2200. The topological polar surface area (TPSA) is 141 Å². The van der Waals surface area contributed by atoms with Crippen LogP contribution in [0.1, 0.15) is 46.8 Å². The van der Waals surface area contributed by atoms with Crippen LogP contribution in [-0.2, 0) is 11.3 Å². The van der Waals surface area contributed by atoms with Crippen LogP contribution in [0.5, 0.6) is 0 Å². The number of aliphatic imine (C=N–C) groups is 1. The fourth-order valence-electron chi connectivity index (χ4n) is 7.77. The molecule has 0 aliphatic carbocycles. The van der Waals surface area contributed by atoms with Crippen molar-refractivity contribution in [1.82, 2.24) is 25.2 Å². The summed E-state index contributed by atoms with van der Waals surface area (Å²) in [6.45, 7) is 8.12. The predicted octanol–water partition coefficient (Wildman–Crippen LogP) is 5.86. The largest absolute Gasteiger partial charge is 0.481 e. The van der Waals surface area contributed by atoms with E-state index in [-0.39, 0.29) is 18.2 Å². The SMILES string of the molecule is Cc1c(-c2nc3cc(CN4CC[C@@H](C(=O)O)C4)cc(C#N)c3o2)cccc1-c1cccc(C2N=C3C(Cl)=CC(CN4CCC(O)C4)=CN3N2)c1C. The van der Waals surface area contributed by atoms with Crippen LogP contribution >= 0.6 is 11.6 Å². The van der Waals surface area contributed by atoms with Gasteiger partial charge in [0.05, 0.1) is 22.6 Å². The molecular formula is C39H38ClN7O4. The lowest BCUT2D eigenvalue weighted by Crippen LogP contribution is -2.36. The summed E-state index contributed by atoms with van der Waals surface area (Å²) in [6.07, 6.45) is 4.79. The Labute approximate surface area is 300 Å². The minimum absolute atomic E-state index is 0.276. The number of carboxylic acid groups (broad SMARTS) is 1. The van der Waals surface area contributed by atoms with E-state index >= 15 is 0 Å². The van der Waals surface area contributed by atoms with Crippen molar-refractivity contribution in [2.45, 2.75) is 45.5 Å². The normalized spacial score (nSPS) is 22.2. The minimum Gasteiger partial charge on any atom is -0.481 e. The number of carbonyl (C=O) groups is 1. The molecule has 12 heteroatoms. The van der Waals surface area contributed by atoms with Crippen molar-refractivity contribution >= 4 is 34.5 Å². The number of aliphatic hydroxyl groups is 1. The predicted molar refractivity (Wildman–Crippen MR) is 194 cm³/mol. The number of fused-ring (bicyclic) bond motifs is 2. The summed E-state index contributed by atoms with van der Waals surface area (Å²) in [5, 5.41) is 31.8. The van der Waals surface area contributed by atoms with Crippen molar-refractivity contribution in [3.05, 3.63) is 99.2 Å². The van der Waals surface area contributed by atoms with E-state index in [2.05, 4.69) is 53.3 Å². The number of amidine groups is 1. The third-order valence-corrected chi connectivity index (χ3v) is 10.7. The number of carboxylic acids is 1. The first-order valence-corrected chi connectivity index (χ1v) is 17.6. The van der Waals surface area contributed by atoms with Gasteiger partial charge in [-0.3, -0.25) is 19.6 Å². The molecule has 260 valence electrons. The highest BCUT2D eigenvalue weighted by atomic mass is 35.5. The molecule has 3 N–H and O–H groups in total. The van der Waals surface area contributed by atoms with Crippen LogP contribution in [0.2, 0.25) is 0 Å². The molecule has 0 spiro atoms. The van der Waals surface area contributed by atoms with Crippen LogP contribution in [0.25, 0.3) is 33.7 Å². The number of hydrogen-bond acceptors (Lipinski definition) is 10. The molecule has 0 amide bonds. The number of hydrazine groups is 1. The van der Waals surface area contributed by atoms with Gasteiger partial charge in [0.1, 0.15) is 17.8 Å². The van der Waals surface area contributed by atoms with Gasteiger partial charge in [-0.2, -0.15) is 10.7 Å². The van der Waals surface area contributed by atoms with Gasteiger partial charge >= 0.3 is 5.97 Å². The lowest BCUT2D eigenvalue weighted by atomic mass is 9.91. The number of nitriles is 1. The molecule has 2 unspecified atom stereocenters. The Morgan fingerprint density at radius 1 is 1.04 bits per heavy atom. The summed E-state index contributed by atoms with van der Waals surface area (Å²) in [5.74, 6) is -0.0198. The number of nitrogens with zero attached hydrogens (tertiary/aromatic N) is 6. The second kappa shape index (κ2) is 13.4. The van der Waals surface area contributed by atoms with Crippen LogP contribution in [0, 0.1) is 31.1 Å². The molecule has 3 aromatic carbocycles. The van der Waals surface area contributed by atoms with Gasteiger partial charge in [0.2, 0.25) is 5.89 Å². The molecule has 2 fully saturated rings. The molecule has 8 rings (SSSR count). The number of oxazole rings is 1. The Morgan fingerprint density at radius 2 is 1.78 bits per heavy atom. The molecule has 5 heterocycles. The van der Waals surface area contributed by atoms with E-state index in [0.717, 1.165) is 57.5 Å². The van der Waals surface area contributed by atoms with Crippen molar-refractivity contribution in [2.24, 2.45) is 10.9 Å². The number of hydrogen-bond donors (Lipinski definition) is 3. The Hall–Kier alpha value is -4.83. The highest BCUT2D eigenvalue weighted by Gasteiger charge is 2.32. The molecule has 2 saturated heterocycles. The van der Waals surface area contributed by atoms with Gasteiger partial charge in [0.25, 0.3) is 0 Å². The summed E-state index contributed by atoms with van der Waals surface area (Å²) in [5.41, 5.74) is 12.9. The molecule has 0 saturated carbocycles. The quantitative estimate of drug-likeness (QED) is 0.204. The molecule has 0 radical (unpaired) electrons. The number of aromatic nitrogens is 1. The van der Waals surface area contributed by atoms with Crippen molar-refractivity contribution in [2.75, 3.05) is 32.7 Å². The summed E-state index contributed by atoms with van der Waals surface area (Å²) in [6, 6.07) is 18.3. The number of rotatable bonds is 8. The Kier molecular flexibility index (Phi) is 8.74. The molecule has 4 aromatic rings. The highest BCUT2D eigenvalue weighted by molar-refractivity contribution is 6.43. The van der Waals surface area contributed by atoms with Gasteiger partial charge in [-0.1, -0.05) is 41.9 Å². The maximum absolute atomic E-state index is 11.5.